The SMILES string of the molecule is CC(c1ccccc1[N+](=O)[O-])S(C)(=O)=O. The summed E-state index contributed by atoms with van der Waals surface area (Å²) < 4.78 is 22.6. The molecule has 0 amide bonds. The first-order chi connectivity index (χ1) is 6.84. The van der Waals surface area contributed by atoms with Crippen molar-refractivity contribution in [3.63, 3.8) is 0 Å². The van der Waals surface area contributed by atoms with Crippen molar-refractivity contribution >= 4 is 15.5 Å². The fourth-order valence-electron chi connectivity index (χ4n) is 1.23. The first-order valence-electron chi connectivity index (χ1n) is 4.26. The molecule has 0 saturated heterocycles. The Balaban J connectivity index is 3.32. The second-order valence-electron chi connectivity index (χ2n) is 3.29. The number of sulfone groups is 1. The van der Waals surface area contributed by atoms with Crippen LogP contribution in [0.5, 0.6) is 0 Å². The maximum atomic E-state index is 11.3. The van der Waals surface area contributed by atoms with Crippen LogP contribution in [0, 0.1) is 10.1 Å². The Morgan fingerprint density at radius 2 is 1.87 bits per heavy atom. The molecule has 0 fully saturated rings. The molecule has 0 aliphatic heterocycles. The zero-order valence-corrected chi connectivity index (χ0v) is 9.19. The standard InChI is InChI=1S/C9H11NO4S/c1-7(15(2,13)14)8-5-3-4-6-9(8)10(11)12/h3-7H,1-2H3. The van der Waals surface area contributed by atoms with E-state index < -0.39 is 20.0 Å². The Hall–Kier alpha value is -1.43. The monoisotopic (exact) mass is 229 g/mol. The lowest BCUT2D eigenvalue weighted by Crippen LogP contribution is -2.09. The fourth-order valence-corrected chi connectivity index (χ4v) is 1.89. The third kappa shape index (κ3) is 2.53. The predicted octanol–water partition coefficient (Wildman–Crippen LogP) is 1.70. The summed E-state index contributed by atoms with van der Waals surface area (Å²) in [5, 5.41) is 9.80. The van der Waals surface area contributed by atoms with Gasteiger partial charge in [-0.25, -0.2) is 8.42 Å². The van der Waals surface area contributed by atoms with E-state index in [0.29, 0.717) is 0 Å². The molecule has 0 spiro atoms. The minimum Gasteiger partial charge on any atom is -0.258 e. The molecule has 0 saturated carbocycles. The maximum Gasteiger partial charge on any atom is 0.273 e. The van der Waals surface area contributed by atoms with E-state index in [1.807, 2.05) is 0 Å². The molecule has 1 atom stereocenters. The highest BCUT2D eigenvalue weighted by atomic mass is 32.2. The Labute approximate surface area is 87.8 Å². The zero-order chi connectivity index (χ0) is 11.6. The van der Waals surface area contributed by atoms with Crippen LogP contribution in [-0.4, -0.2) is 19.6 Å². The second kappa shape index (κ2) is 3.98. The molecule has 6 heteroatoms. The molecule has 0 aliphatic carbocycles. The van der Waals surface area contributed by atoms with Gasteiger partial charge in [-0.1, -0.05) is 18.2 Å². The third-order valence-electron chi connectivity index (χ3n) is 2.21. The van der Waals surface area contributed by atoms with Crippen LogP contribution in [0.1, 0.15) is 17.7 Å². The second-order valence-corrected chi connectivity index (χ2v) is 5.65. The summed E-state index contributed by atoms with van der Waals surface area (Å²) in [4.78, 5) is 10.1. The van der Waals surface area contributed by atoms with Crippen LogP contribution < -0.4 is 0 Å². The van der Waals surface area contributed by atoms with Crippen LogP contribution >= 0.6 is 0 Å². The summed E-state index contributed by atoms with van der Waals surface area (Å²) in [6.07, 6.45) is 1.06. The Bertz CT molecular complexity index is 481. The summed E-state index contributed by atoms with van der Waals surface area (Å²) in [7, 11) is -3.32. The molecule has 0 radical (unpaired) electrons. The van der Waals surface area contributed by atoms with Crippen molar-refractivity contribution in [2.75, 3.05) is 6.26 Å². The normalized spacial score (nSPS) is 13.5. The number of nitrogens with zero attached hydrogens (tertiary/aromatic N) is 1. The van der Waals surface area contributed by atoms with E-state index in [1.165, 1.54) is 25.1 Å². The molecule has 15 heavy (non-hydrogen) atoms. The van der Waals surface area contributed by atoms with Crippen LogP contribution in [0.15, 0.2) is 24.3 Å². The van der Waals surface area contributed by atoms with E-state index in [1.54, 1.807) is 6.07 Å². The van der Waals surface area contributed by atoms with Crippen LogP contribution in [0.4, 0.5) is 5.69 Å². The summed E-state index contributed by atoms with van der Waals surface area (Å²) in [6.45, 7) is 1.44. The average Bonchev–Trinajstić information content (AvgIpc) is 2.15. The Kier molecular flexibility index (Phi) is 3.09. The molecule has 0 heterocycles. The quantitative estimate of drug-likeness (QED) is 0.583. The molecular weight excluding hydrogens is 218 g/mol. The minimum absolute atomic E-state index is 0.157. The third-order valence-corrected chi connectivity index (χ3v) is 3.75. The molecular formula is C9H11NO4S. The number of nitro benzene ring substituents is 1. The van der Waals surface area contributed by atoms with Gasteiger partial charge < -0.3 is 0 Å². The maximum absolute atomic E-state index is 11.3. The Morgan fingerprint density at radius 1 is 1.33 bits per heavy atom. The van der Waals surface area contributed by atoms with Gasteiger partial charge in [0.1, 0.15) is 0 Å². The molecule has 0 N–H and O–H groups in total. The van der Waals surface area contributed by atoms with Crippen molar-refractivity contribution in [1.82, 2.24) is 0 Å². The van der Waals surface area contributed by atoms with Gasteiger partial charge in [0, 0.05) is 17.9 Å². The first-order valence-corrected chi connectivity index (χ1v) is 6.21. The van der Waals surface area contributed by atoms with Gasteiger partial charge in [0.05, 0.1) is 10.2 Å². The molecule has 0 aliphatic rings. The number of para-hydroxylation sites is 1. The van der Waals surface area contributed by atoms with Gasteiger partial charge in [0.25, 0.3) is 5.69 Å². The average molecular weight is 229 g/mol. The smallest absolute Gasteiger partial charge is 0.258 e. The molecule has 0 bridgehead atoms. The minimum atomic E-state index is -3.32. The molecule has 1 rings (SSSR count). The van der Waals surface area contributed by atoms with Crippen LogP contribution in [0.2, 0.25) is 0 Å². The van der Waals surface area contributed by atoms with Crippen molar-refractivity contribution < 1.29 is 13.3 Å². The zero-order valence-electron chi connectivity index (χ0n) is 8.38. The van der Waals surface area contributed by atoms with Crippen LogP contribution in [-0.2, 0) is 9.84 Å². The molecule has 1 aromatic rings. The molecule has 0 aromatic heterocycles. The van der Waals surface area contributed by atoms with Gasteiger partial charge in [-0.15, -0.1) is 0 Å². The highest BCUT2D eigenvalue weighted by Gasteiger charge is 2.24. The fraction of sp³-hybridized carbons (Fsp3) is 0.333. The van der Waals surface area contributed by atoms with Crippen molar-refractivity contribution in [3.8, 4) is 0 Å². The lowest BCUT2D eigenvalue weighted by molar-refractivity contribution is -0.385. The van der Waals surface area contributed by atoms with Crippen molar-refractivity contribution in [3.05, 3.63) is 39.9 Å². The van der Waals surface area contributed by atoms with Gasteiger partial charge >= 0.3 is 0 Å². The van der Waals surface area contributed by atoms with E-state index >= 15 is 0 Å². The van der Waals surface area contributed by atoms with E-state index in [0.717, 1.165) is 6.26 Å². The van der Waals surface area contributed by atoms with Crippen molar-refractivity contribution in [2.24, 2.45) is 0 Å². The number of nitro groups is 1. The van der Waals surface area contributed by atoms with Crippen molar-refractivity contribution in [1.29, 1.82) is 0 Å². The number of hydrogen-bond acceptors (Lipinski definition) is 4. The van der Waals surface area contributed by atoms with E-state index in [9.17, 15) is 18.5 Å². The summed E-state index contributed by atoms with van der Waals surface area (Å²) in [6, 6.07) is 5.86. The van der Waals surface area contributed by atoms with Gasteiger partial charge in [0.15, 0.2) is 9.84 Å². The van der Waals surface area contributed by atoms with Crippen molar-refractivity contribution in [2.45, 2.75) is 12.2 Å². The Morgan fingerprint density at radius 3 is 2.33 bits per heavy atom. The molecule has 5 nitrogen and oxygen atoms in total. The first kappa shape index (κ1) is 11.6. The highest BCUT2D eigenvalue weighted by molar-refractivity contribution is 7.90. The molecule has 1 unspecified atom stereocenters. The topological polar surface area (TPSA) is 77.3 Å². The van der Waals surface area contributed by atoms with E-state index in [-0.39, 0.29) is 11.3 Å². The van der Waals surface area contributed by atoms with E-state index in [4.69, 9.17) is 0 Å². The van der Waals surface area contributed by atoms with Gasteiger partial charge in [-0.05, 0) is 6.92 Å². The largest absolute Gasteiger partial charge is 0.273 e. The summed E-state index contributed by atoms with van der Waals surface area (Å²) >= 11 is 0. The van der Waals surface area contributed by atoms with Gasteiger partial charge in [0.2, 0.25) is 0 Å². The van der Waals surface area contributed by atoms with Gasteiger partial charge in [-0.2, -0.15) is 0 Å². The number of benzene rings is 1. The predicted molar refractivity (Wildman–Crippen MR) is 56.4 cm³/mol. The molecule has 1 aromatic carbocycles. The van der Waals surface area contributed by atoms with Crippen LogP contribution in [0.3, 0.4) is 0 Å². The number of hydrogen-bond donors (Lipinski definition) is 0. The lowest BCUT2D eigenvalue weighted by atomic mass is 10.1. The summed E-state index contributed by atoms with van der Waals surface area (Å²) in [5.74, 6) is 0. The van der Waals surface area contributed by atoms with E-state index in [2.05, 4.69) is 0 Å². The van der Waals surface area contributed by atoms with Crippen LogP contribution in [0.25, 0.3) is 0 Å². The molecule has 82 valence electrons. The lowest BCUT2D eigenvalue weighted by Gasteiger charge is -2.09. The van der Waals surface area contributed by atoms with Gasteiger partial charge in [-0.3, -0.25) is 10.1 Å². The highest BCUT2D eigenvalue weighted by Crippen LogP contribution is 2.29. The number of rotatable bonds is 3. The summed E-state index contributed by atoms with van der Waals surface area (Å²) in [5.41, 5.74) is 0.0698.